The van der Waals surface area contributed by atoms with E-state index in [4.69, 9.17) is 38.1 Å². The van der Waals surface area contributed by atoms with Crippen molar-refractivity contribution in [3.05, 3.63) is 70.5 Å². The minimum absolute atomic E-state index is 0.101. The van der Waals surface area contributed by atoms with Gasteiger partial charge in [0.25, 0.3) is 0 Å². The van der Waals surface area contributed by atoms with Crippen LogP contribution in [0.15, 0.2) is 53.5 Å². The Labute approximate surface area is 169 Å². The molecular formula is C20H14Cl2FN3O2. The summed E-state index contributed by atoms with van der Waals surface area (Å²) in [6.45, 7) is 1.69. The van der Waals surface area contributed by atoms with Crippen molar-refractivity contribution in [3.63, 3.8) is 0 Å². The zero-order valence-electron chi connectivity index (χ0n) is 14.6. The fourth-order valence-electron chi connectivity index (χ4n) is 3.00. The van der Waals surface area contributed by atoms with Crippen LogP contribution in [0.2, 0.25) is 10.0 Å². The number of furan rings is 1. The third kappa shape index (κ3) is 3.15. The first-order valence-corrected chi connectivity index (χ1v) is 9.09. The number of aromatic nitrogens is 2. The van der Waals surface area contributed by atoms with Crippen LogP contribution < -0.4 is 10.5 Å². The number of nitrogens with two attached hydrogens (primary N) is 1. The average molecular weight is 418 g/mol. The summed E-state index contributed by atoms with van der Waals surface area (Å²) >= 11 is 12.3. The summed E-state index contributed by atoms with van der Waals surface area (Å²) < 4.78 is 25.6. The van der Waals surface area contributed by atoms with Crippen molar-refractivity contribution >= 4 is 40.0 Å². The molecule has 2 N–H and O–H groups in total. The van der Waals surface area contributed by atoms with Gasteiger partial charge >= 0.3 is 0 Å². The molecule has 1 atom stereocenters. The van der Waals surface area contributed by atoms with Crippen LogP contribution in [0, 0.1) is 5.82 Å². The Bertz CT molecular complexity index is 1170. The van der Waals surface area contributed by atoms with E-state index in [2.05, 4.69) is 9.97 Å². The Kier molecular flexibility index (Phi) is 4.83. The number of ether oxygens (including phenoxy) is 1. The zero-order chi connectivity index (χ0) is 19.8. The monoisotopic (exact) mass is 417 g/mol. The van der Waals surface area contributed by atoms with E-state index in [1.807, 2.05) is 12.1 Å². The molecular weight excluding hydrogens is 404 g/mol. The number of fused-ring (bicyclic) bond motifs is 1. The standard InChI is InChI=1S/C20H14Cl2FN3O2/c1-10(16-14(21)2-3-15(23)17(16)22)28-19-18-12(8-26-20(19)24)13(9-27-18)11-4-6-25-7-5-11/h2-10H,1H3,(H2,24,26)/t10-/m1/s1. The van der Waals surface area contributed by atoms with Gasteiger partial charge in [0.1, 0.15) is 11.9 Å². The second-order valence-corrected chi connectivity index (χ2v) is 6.90. The summed E-state index contributed by atoms with van der Waals surface area (Å²) in [5.74, 6) is -0.209. The van der Waals surface area contributed by atoms with Crippen LogP contribution in [-0.2, 0) is 0 Å². The van der Waals surface area contributed by atoms with Gasteiger partial charge in [-0.1, -0.05) is 23.2 Å². The summed E-state index contributed by atoms with van der Waals surface area (Å²) in [6.07, 6.45) is 5.89. The molecule has 0 unspecified atom stereocenters. The summed E-state index contributed by atoms with van der Waals surface area (Å²) in [5, 5.41) is 0.907. The summed E-state index contributed by atoms with van der Waals surface area (Å²) in [5.41, 5.74) is 8.50. The van der Waals surface area contributed by atoms with Crippen LogP contribution in [0.25, 0.3) is 22.1 Å². The first kappa shape index (κ1) is 18.5. The SMILES string of the molecule is C[C@@H](Oc1c(N)ncc2c(-c3ccncc3)coc12)c1c(Cl)ccc(F)c1Cl. The number of pyridine rings is 2. The van der Waals surface area contributed by atoms with Crippen LogP contribution in [0.1, 0.15) is 18.6 Å². The van der Waals surface area contributed by atoms with Gasteiger partial charge in [0.15, 0.2) is 11.4 Å². The fraction of sp³-hybridized carbons (Fsp3) is 0.100. The van der Waals surface area contributed by atoms with Gasteiger partial charge in [0, 0.05) is 34.7 Å². The third-order valence-corrected chi connectivity index (χ3v) is 5.09. The molecule has 0 saturated carbocycles. The van der Waals surface area contributed by atoms with Gasteiger partial charge < -0.3 is 14.9 Å². The molecule has 0 radical (unpaired) electrons. The molecule has 4 aromatic rings. The number of hydrogen-bond donors (Lipinski definition) is 1. The predicted molar refractivity (Wildman–Crippen MR) is 107 cm³/mol. The molecule has 3 heterocycles. The highest BCUT2D eigenvalue weighted by atomic mass is 35.5. The molecule has 3 aromatic heterocycles. The highest BCUT2D eigenvalue weighted by molar-refractivity contribution is 6.36. The maximum atomic E-state index is 13.9. The molecule has 142 valence electrons. The van der Waals surface area contributed by atoms with E-state index in [1.165, 1.54) is 12.1 Å². The Morgan fingerprint density at radius 3 is 2.68 bits per heavy atom. The first-order valence-electron chi connectivity index (χ1n) is 8.33. The fourth-order valence-corrected chi connectivity index (χ4v) is 3.68. The first-order chi connectivity index (χ1) is 13.5. The lowest BCUT2D eigenvalue weighted by Gasteiger charge is -2.18. The molecule has 0 saturated heterocycles. The lowest BCUT2D eigenvalue weighted by atomic mass is 10.1. The zero-order valence-corrected chi connectivity index (χ0v) is 16.1. The molecule has 0 fully saturated rings. The van der Waals surface area contributed by atoms with Crippen molar-refractivity contribution in [2.24, 2.45) is 0 Å². The van der Waals surface area contributed by atoms with E-state index >= 15 is 0 Å². The average Bonchev–Trinajstić information content (AvgIpc) is 3.12. The molecule has 0 aliphatic carbocycles. The predicted octanol–water partition coefficient (Wildman–Crippen LogP) is 6.06. The molecule has 8 heteroatoms. The van der Waals surface area contributed by atoms with Crippen molar-refractivity contribution in [1.29, 1.82) is 0 Å². The molecule has 0 aliphatic rings. The van der Waals surface area contributed by atoms with Crippen LogP contribution in [0.4, 0.5) is 10.2 Å². The van der Waals surface area contributed by atoms with Gasteiger partial charge in [-0.05, 0) is 36.8 Å². The summed E-state index contributed by atoms with van der Waals surface area (Å²) in [7, 11) is 0. The summed E-state index contributed by atoms with van der Waals surface area (Å²) in [4.78, 5) is 8.23. The van der Waals surface area contributed by atoms with Crippen LogP contribution in [0.3, 0.4) is 0 Å². The van der Waals surface area contributed by atoms with E-state index in [-0.39, 0.29) is 21.6 Å². The Morgan fingerprint density at radius 2 is 1.93 bits per heavy atom. The normalized spacial score (nSPS) is 12.3. The minimum atomic E-state index is -0.695. The van der Waals surface area contributed by atoms with E-state index < -0.39 is 11.9 Å². The Hall–Kier alpha value is -2.83. The number of nitrogens with zero attached hydrogens (tertiary/aromatic N) is 2. The van der Waals surface area contributed by atoms with Gasteiger partial charge in [0.2, 0.25) is 5.75 Å². The van der Waals surface area contributed by atoms with Crippen molar-refractivity contribution in [2.45, 2.75) is 13.0 Å². The van der Waals surface area contributed by atoms with E-state index in [9.17, 15) is 4.39 Å². The topological polar surface area (TPSA) is 74.2 Å². The maximum absolute atomic E-state index is 13.9. The number of anilines is 1. The second kappa shape index (κ2) is 7.30. The largest absolute Gasteiger partial charge is 0.478 e. The van der Waals surface area contributed by atoms with Gasteiger partial charge in [-0.25, -0.2) is 9.37 Å². The molecule has 28 heavy (non-hydrogen) atoms. The number of hydrogen-bond acceptors (Lipinski definition) is 5. The highest BCUT2D eigenvalue weighted by Gasteiger charge is 2.23. The number of nitrogen functional groups attached to an aromatic ring is 1. The summed E-state index contributed by atoms with van der Waals surface area (Å²) in [6, 6.07) is 6.34. The minimum Gasteiger partial charge on any atom is -0.478 e. The maximum Gasteiger partial charge on any atom is 0.205 e. The van der Waals surface area contributed by atoms with Crippen LogP contribution in [0.5, 0.6) is 5.75 Å². The molecule has 5 nitrogen and oxygen atoms in total. The Balaban J connectivity index is 1.79. The highest BCUT2D eigenvalue weighted by Crippen LogP contribution is 2.41. The number of benzene rings is 1. The van der Waals surface area contributed by atoms with E-state index in [0.29, 0.717) is 11.1 Å². The lowest BCUT2D eigenvalue weighted by molar-refractivity contribution is 0.227. The smallest absolute Gasteiger partial charge is 0.205 e. The quantitative estimate of drug-likeness (QED) is 0.408. The molecule has 0 amide bonds. The molecule has 4 rings (SSSR count). The second-order valence-electron chi connectivity index (χ2n) is 6.12. The van der Waals surface area contributed by atoms with Crippen molar-refractivity contribution < 1.29 is 13.5 Å². The van der Waals surface area contributed by atoms with Gasteiger partial charge in [0.05, 0.1) is 16.7 Å². The van der Waals surface area contributed by atoms with E-state index in [0.717, 1.165) is 16.5 Å². The van der Waals surface area contributed by atoms with Gasteiger partial charge in [-0.15, -0.1) is 0 Å². The van der Waals surface area contributed by atoms with Crippen molar-refractivity contribution in [2.75, 3.05) is 5.73 Å². The molecule has 0 bridgehead atoms. The van der Waals surface area contributed by atoms with Crippen molar-refractivity contribution in [1.82, 2.24) is 9.97 Å². The number of rotatable bonds is 4. The number of halogens is 3. The van der Waals surface area contributed by atoms with Gasteiger partial charge in [-0.2, -0.15) is 0 Å². The van der Waals surface area contributed by atoms with Crippen LogP contribution in [-0.4, -0.2) is 9.97 Å². The van der Waals surface area contributed by atoms with Crippen LogP contribution >= 0.6 is 23.2 Å². The molecule has 1 aromatic carbocycles. The molecule has 0 aliphatic heterocycles. The lowest BCUT2D eigenvalue weighted by Crippen LogP contribution is -2.08. The van der Waals surface area contributed by atoms with Crippen molar-refractivity contribution in [3.8, 4) is 16.9 Å². The Morgan fingerprint density at radius 1 is 1.18 bits per heavy atom. The molecule has 0 spiro atoms. The third-order valence-electron chi connectivity index (χ3n) is 4.37. The van der Waals surface area contributed by atoms with E-state index in [1.54, 1.807) is 31.8 Å². The van der Waals surface area contributed by atoms with Gasteiger partial charge in [-0.3, -0.25) is 4.98 Å².